The highest BCUT2D eigenvalue weighted by atomic mass is 19.1. The van der Waals surface area contributed by atoms with E-state index in [9.17, 15) is 4.39 Å². The maximum Gasteiger partial charge on any atom is 0.167 e. The largest absolute Gasteiger partial charge is 0.454 e. The van der Waals surface area contributed by atoms with Crippen molar-refractivity contribution < 1.29 is 14.2 Å². The first-order chi connectivity index (χ1) is 8.19. The van der Waals surface area contributed by atoms with Gasteiger partial charge in [-0.1, -0.05) is 12.1 Å². The molecule has 0 aliphatic carbocycles. The Morgan fingerprint density at radius 1 is 1.12 bits per heavy atom. The lowest BCUT2D eigenvalue weighted by Crippen LogP contribution is -1.91. The van der Waals surface area contributed by atoms with Gasteiger partial charge in [-0.05, 0) is 29.8 Å². The van der Waals surface area contributed by atoms with Crippen LogP contribution in [0.1, 0.15) is 5.56 Å². The predicted molar refractivity (Wildman–Crippen MR) is 63.3 cm³/mol. The van der Waals surface area contributed by atoms with E-state index in [-0.39, 0.29) is 12.4 Å². The number of aliphatic hydroxyl groups is 1. The summed E-state index contributed by atoms with van der Waals surface area (Å²) in [6, 6.07) is 11.0. The summed E-state index contributed by atoms with van der Waals surface area (Å²) in [7, 11) is 0. The molecule has 2 rings (SSSR count). The Kier molecular flexibility index (Phi) is 3.25. The number of benzene rings is 2. The molecule has 0 saturated heterocycles. The summed E-state index contributed by atoms with van der Waals surface area (Å²) < 4.78 is 18.8. The molecular formula is C13H12FNO2. The summed E-state index contributed by atoms with van der Waals surface area (Å²) >= 11 is 0. The van der Waals surface area contributed by atoms with Crippen LogP contribution in [0.25, 0.3) is 0 Å². The first-order valence-electron chi connectivity index (χ1n) is 5.12. The van der Waals surface area contributed by atoms with E-state index in [1.807, 2.05) is 0 Å². The topological polar surface area (TPSA) is 55.5 Å². The summed E-state index contributed by atoms with van der Waals surface area (Å²) in [5.74, 6) is 0.123. The van der Waals surface area contributed by atoms with Crippen molar-refractivity contribution in [3.63, 3.8) is 0 Å². The van der Waals surface area contributed by atoms with Gasteiger partial charge in [0.25, 0.3) is 0 Å². The van der Waals surface area contributed by atoms with E-state index in [2.05, 4.69) is 0 Å². The molecule has 4 heteroatoms. The molecule has 0 saturated carbocycles. The molecule has 0 aliphatic heterocycles. The van der Waals surface area contributed by atoms with Gasteiger partial charge < -0.3 is 15.6 Å². The van der Waals surface area contributed by atoms with Gasteiger partial charge in [0.05, 0.1) is 6.61 Å². The summed E-state index contributed by atoms with van der Waals surface area (Å²) in [5, 5.41) is 8.88. The van der Waals surface area contributed by atoms with Gasteiger partial charge in [0, 0.05) is 11.8 Å². The van der Waals surface area contributed by atoms with Crippen molar-refractivity contribution >= 4 is 5.69 Å². The monoisotopic (exact) mass is 233 g/mol. The second kappa shape index (κ2) is 4.84. The minimum atomic E-state index is -0.503. The highest BCUT2D eigenvalue weighted by Crippen LogP contribution is 2.25. The molecule has 0 fully saturated rings. The molecule has 17 heavy (non-hydrogen) atoms. The summed E-state index contributed by atoms with van der Waals surface area (Å²) in [4.78, 5) is 0. The van der Waals surface area contributed by atoms with Crippen molar-refractivity contribution in [3.05, 3.63) is 53.8 Å². The molecule has 2 aromatic rings. The number of nitrogens with two attached hydrogens (primary N) is 1. The second-order valence-corrected chi connectivity index (χ2v) is 3.59. The van der Waals surface area contributed by atoms with E-state index >= 15 is 0 Å². The van der Waals surface area contributed by atoms with E-state index in [4.69, 9.17) is 15.6 Å². The minimum Gasteiger partial charge on any atom is -0.454 e. The van der Waals surface area contributed by atoms with Gasteiger partial charge in [-0.15, -0.1) is 0 Å². The molecular weight excluding hydrogens is 221 g/mol. The molecule has 0 unspecified atom stereocenters. The molecule has 0 aliphatic rings. The first-order valence-corrected chi connectivity index (χ1v) is 5.12. The van der Waals surface area contributed by atoms with E-state index in [0.29, 0.717) is 11.4 Å². The molecule has 0 radical (unpaired) electrons. The zero-order chi connectivity index (χ0) is 12.3. The lowest BCUT2D eigenvalue weighted by atomic mass is 10.2. The zero-order valence-electron chi connectivity index (χ0n) is 9.06. The molecule has 0 atom stereocenters. The standard InChI is InChI=1S/C13H12FNO2/c14-12-7-10(15)3-6-13(12)17-11-4-1-9(8-16)2-5-11/h1-7,16H,8,15H2. The van der Waals surface area contributed by atoms with Crippen molar-refractivity contribution in [2.45, 2.75) is 6.61 Å². The van der Waals surface area contributed by atoms with Gasteiger partial charge >= 0.3 is 0 Å². The predicted octanol–water partition coefficient (Wildman–Crippen LogP) is 2.69. The third kappa shape index (κ3) is 2.73. The van der Waals surface area contributed by atoms with Crippen LogP contribution in [-0.2, 0) is 6.61 Å². The Labute approximate surface area is 98.3 Å². The van der Waals surface area contributed by atoms with Crippen LogP contribution < -0.4 is 10.5 Å². The highest BCUT2D eigenvalue weighted by Gasteiger charge is 2.04. The van der Waals surface area contributed by atoms with Gasteiger partial charge in [0.2, 0.25) is 0 Å². The third-order valence-corrected chi connectivity index (χ3v) is 2.29. The maximum atomic E-state index is 13.4. The van der Waals surface area contributed by atoms with Gasteiger partial charge in [-0.3, -0.25) is 0 Å². The van der Waals surface area contributed by atoms with Crippen LogP contribution >= 0.6 is 0 Å². The van der Waals surface area contributed by atoms with E-state index in [1.54, 1.807) is 30.3 Å². The normalized spacial score (nSPS) is 10.2. The lowest BCUT2D eigenvalue weighted by Gasteiger charge is -2.07. The number of rotatable bonds is 3. The Balaban J connectivity index is 2.19. The zero-order valence-corrected chi connectivity index (χ0v) is 9.06. The Bertz CT molecular complexity index is 511. The molecule has 88 valence electrons. The van der Waals surface area contributed by atoms with Crippen molar-refractivity contribution in [2.24, 2.45) is 0 Å². The minimum absolute atomic E-state index is 0.0312. The number of halogens is 1. The fourth-order valence-corrected chi connectivity index (χ4v) is 1.39. The number of hydrogen-bond acceptors (Lipinski definition) is 3. The maximum absolute atomic E-state index is 13.4. The molecule has 3 nitrogen and oxygen atoms in total. The Morgan fingerprint density at radius 2 is 1.82 bits per heavy atom. The van der Waals surface area contributed by atoms with Gasteiger partial charge in [-0.2, -0.15) is 0 Å². The fourth-order valence-electron chi connectivity index (χ4n) is 1.39. The van der Waals surface area contributed by atoms with E-state index in [0.717, 1.165) is 5.56 Å². The van der Waals surface area contributed by atoms with Crippen molar-refractivity contribution in [1.29, 1.82) is 0 Å². The van der Waals surface area contributed by atoms with Crippen LogP contribution in [-0.4, -0.2) is 5.11 Å². The number of anilines is 1. The van der Waals surface area contributed by atoms with E-state index in [1.165, 1.54) is 12.1 Å². The van der Waals surface area contributed by atoms with Gasteiger partial charge in [0.15, 0.2) is 11.6 Å². The van der Waals surface area contributed by atoms with Crippen molar-refractivity contribution in [1.82, 2.24) is 0 Å². The number of aliphatic hydroxyl groups excluding tert-OH is 1. The third-order valence-electron chi connectivity index (χ3n) is 2.29. The van der Waals surface area contributed by atoms with Crippen LogP contribution in [0.4, 0.5) is 10.1 Å². The average molecular weight is 233 g/mol. The van der Waals surface area contributed by atoms with Crippen LogP contribution in [0.15, 0.2) is 42.5 Å². The number of nitrogen functional groups attached to an aromatic ring is 1. The summed E-state index contributed by atoms with van der Waals surface area (Å²) in [6.45, 7) is -0.0312. The van der Waals surface area contributed by atoms with Crippen LogP contribution in [0, 0.1) is 5.82 Å². The molecule has 0 amide bonds. The van der Waals surface area contributed by atoms with Crippen LogP contribution in [0.5, 0.6) is 11.5 Å². The summed E-state index contributed by atoms with van der Waals surface area (Å²) in [6.07, 6.45) is 0. The Morgan fingerprint density at radius 3 is 2.41 bits per heavy atom. The average Bonchev–Trinajstić information content (AvgIpc) is 2.34. The van der Waals surface area contributed by atoms with Crippen LogP contribution in [0.3, 0.4) is 0 Å². The highest BCUT2D eigenvalue weighted by molar-refractivity contribution is 5.44. The van der Waals surface area contributed by atoms with Crippen molar-refractivity contribution in [2.75, 3.05) is 5.73 Å². The fraction of sp³-hybridized carbons (Fsp3) is 0.0769. The molecule has 2 aromatic carbocycles. The lowest BCUT2D eigenvalue weighted by molar-refractivity contribution is 0.281. The summed E-state index contributed by atoms with van der Waals surface area (Å²) in [5.41, 5.74) is 6.56. The first kappa shape index (κ1) is 11.4. The van der Waals surface area contributed by atoms with Gasteiger partial charge in [0.1, 0.15) is 5.75 Å². The molecule has 0 heterocycles. The number of hydrogen-bond donors (Lipinski definition) is 2. The Hall–Kier alpha value is -2.07. The molecule has 0 spiro atoms. The quantitative estimate of drug-likeness (QED) is 0.801. The van der Waals surface area contributed by atoms with E-state index < -0.39 is 5.82 Å². The smallest absolute Gasteiger partial charge is 0.167 e. The second-order valence-electron chi connectivity index (χ2n) is 3.59. The molecule has 0 bridgehead atoms. The van der Waals surface area contributed by atoms with Crippen LogP contribution in [0.2, 0.25) is 0 Å². The van der Waals surface area contributed by atoms with Crippen molar-refractivity contribution in [3.8, 4) is 11.5 Å². The molecule has 0 aromatic heterocycles. The SMILES string of the molecule is Nc1ccc(Oc2ccc(CO)cc2)c(F)c1. The molecule has 3 N–H and O–H groups in total. The number of ether oxygens (including phenoxy) is 1. The van der Waals surface area contributed by atoms with Gasteiger partial charge in [-0.25, -0.2) is 4.39 Å².